The molecule has 1 aliphatic rings. The highest BCUT2D eigenvalue weighted by Gasteiger charge is 2.38. The lowest BCUT2D eigenvalue weighted by molar-refractivity contribution is -0.155. The quantitative estimate of drug-likeness (QED) is 0.741. The number of carbonyl (C=O) groups is 1. The van der Waals surface area contributed by atoms with Crippen molar-refractivity contribution in [2.24, 2.45) is 0 Å². The Hall–Kier alpha value is -1.12. The Kier molecular flexibility index (Phi) is 4.27. The predicted octanol–water partition coefficient (Wildman–Crippen LogP) is 0.125. The van der Waals surface area contributed by atoms with E-state index in [4.69, 9.17) is 10.00 Å². The van der Waals surface area contributed by atoms with Gasteiger partial charge in [-0.15, -0.1) is 0 Å². The maximum Gasteiger partial charge on any atom is 0.255 e. The van der Waals surface area contributed by atoms with Crippen molar-refractivity contribution in [2.75, 3.05) is 26.7 Å². The van der Waals surface area contributed by atoms with Gasteiger partial charge in [-0.05, 0) is 13.3 Å². The van der Waals surface area contributed by atoms with Crippen molar-refractivity contribution in [3.63, 3.8) is 0 Å². The van der Waals surface area contributed by atoms with Gasteiger partial charge in [0.25, 0.3) is 5.91 Å². The fourth-order valence-electron chi connectivity index (χ4n) is 1.75. The van der Waals surface area contributed by atoms with Gasteiger partial charge in [-0.3, -0.25) is 4.79 Å². The van der Waals surface area contributed by atoms with Gasteiger partial charge in [0.15, 0.2) is 0 Å². The van der Waals surface area contributed by atoms with Crippen LogP contribution in [-0.2, 0) is 9.53 Å². The molecule has 0 aromatic rings. The van der Waals surface area contributed by atoms with Gasteiger partial charge in [0.05, 0.1) is 6.07 Å². The Bertz CT molecular complexity index is 294. The molecule has 0 saturated carbocycles. The second-order valence-corrected chi connectivity index (χ2v) is 4.14. The molecular weight excluding hydrogens is 206 g/mol. The molecule has 0 aliphatic carbocycles. The predicted molar refractivity (Wildman–Crippen MR) is 59.7 cm³/mol. The van der Waals surface area contributed by atoms with Crippen LogP contribution in [0.4, 0.5) is 0 Å². The van der Waals surface area contributed by atoms with Gasteiger partial charge in [0.1, 0.15) is 11.6 Å². The Labute approximate surface area is 96.4 Å². The molecule has 90 valence electrons. The number of methoxy groups -OCH3 is 1. The molecule has 5 heteroatoms. The summed E-state index contributed by atoms with van der Waals surface area (Å²) in [6, 6.07) is 1.76. The summed E-state index contributed by atoms with van der Waals surface area (Å²) in [6.07, 6.45) is 0.602. The third-order valence-electron chi connectivity index (χ3n) is 3.23. The molecule has 2 unspecified atom stereocenters. The fraction of sp³-hybridized carbons (Fsp3) is 0.818. The summed E-state index contributed by atoms with van der Waals surface area (Å²) in [7, 11) is 1.53. The second-order valence-electron chi connectivity index (χ2n) is 4.14. The number of nitrogens with one attached hydrogen (secondary N) is 1. The fourth-order valence-corrected chi connectivity index (χ4v) is 1.75. The number of piperazine rings is 1. The number of hydrogen-bond acceptors (Lipinski definition) is 4. The SMILES string of the molecule is CCC(C)(OC)C(=O)N1CCNCC1C#N. The zero-order valence-electron chi connectivity index (χ0n) is 10.1. The summed E-state index contributed by atoms with van der Waals surface area (Å²) in [4.78, 5) is 13.9. The van der Waals surface area contributed by atoms with Crippen LogP contribution in [0.1, 0.15) is 20.3 Å². The lowest BCUT2D eigenvalue weighted by Gasteiger charge is -2.38. The van der Waals surface area contributed by atoms with E-state index in [9.17, 15) is 4.79 Å². The summed E-state index contributed by atoms with van der Waals surface area (Å²) in [5.74, 6) is -0.0921. The van der Waals surface area contributed by atoms with E-state index in [1.54, 1.807) is 11.8 Å². The lowest BCUT2D eigenvalue weighted by atomic mass is 9.99. The van der Waals surface area contributed by atoms with Crippen LogP contribution in [-0.4, -0.2) is 49.2 Å². The molecule has 5 nitrogen and oxygen atoms in total. The number of hydrogen-bond donors (Lipinski definition) is 1. The minimum atomic E-state index is -0.813. The monoisotopic (exact) mass is 225 g/mol. The molecule has 16 heavy (non-hydrogen) atoms. The van der Waals surface area contributed by atoms with Gasteiger partial charge in [-0.1, -0.05) is 6.92 Å². The topological polar surface area (TPSA) is 65.4 Å². The first-order valence-corrected chi connectivity index (χ1v) is 5.55. The Morgan fingerprint density at radius 3 is 2.94 bits per heavy atom. The smallest absolute Gasteiger partial charge is 0.255 e. The minimum Gasteiger partial charge on any atom is -0.369 e. The molecular formula is C11H19N3O2. The summed E-state index contributed by atoms with van der Waals surface area (Å²) in [5, 5.41) is 12.1. The van der Waals surface area contributed by atoms with Gasteiger partial charge in [0.2, 0.25) is 0 Å². The van der Waals surface area contributed by atoms with Gasteiger partial charge in [-0.2, -0.15) is 5.26 Å². The van der Waals surface area contributed by atoms with E-state index in [2.05, 4.69) is 11.4 Å². The third kappa shape index (κ3) is 2.34. The third-order valence-corrected chi connectivity index (χ3v) is 3.23. The highest BCUT2D eigenvalue weighted by molar-refractivity contribution is 5.85. The first-order valence-electron chi connectivity index (χ1n) is 5.55. The van der Waals surface area contributed by atoms with Crippen LogP contribution in [0.5, 0.6) is 0 Å². The van der Waals surface area contributed by atoms with Crippen molar-refractivity contribution in [2.45, 2.75) is 31.9 Å². The Morgan fingerprint density at radius 2 is 2.44 bits per heavy atom. The van der Waals surface area contributed by atoms with Crippen molar-refractivity contribution in [3.8, 4) is 6.07 Å². The van der Waals surface area contributed by atoms with E-state index in [0.717, 1.165) is 6.54 Å². The lowest BCUT2D eigenvalue weighted by Crippen LogP contribution is -2.58. The highest BCUT2D eigenvalue weighted by Crippen LogP contribution is 2.19. The largest absolute Gasteiger partial charge is 0.369 e. The molecule has 0 aromatic heterocycles. The molecule has 0 bridgehead atoms. The summed E-state index contributed by atoms with van der Waals surface area (Å²) in [6.45, 7) is 5.51. The molecule has 1 fully saturated rings. The van der Waals surface area contributed by atoms with Crippen LogP contribution in [0.15, 0.2) is 0 Å². The molecule has 2 atom stereocenters. The zero-order chi connectivity index (χ0) is 12.2. The second kappa shape index (κ2) is 5.28. The summed E-state index contributed by atoms with van der Waals surface area (Å²) < 4.78 is 5.27. The first-order chi connectivity index (χ1) is 7.59. The number of carbonyl (C=O) groups excluding carboxylic acids is 1. The summed E-state index contributed by atoms with van der Waals surface area (Å²) >= 11 is 0. The molecule has 1 rings (SSSR count). The number of nitrogens with zero attached hydrogens (tertiary/aromatic N) is 2. The average Bonchev–Trinajstić information content (AvgIpc) is 2.36. The maximum atomic E-state index is 12.3. The molecule has 1 heterocycles. The standard InChI is InChI=1S/C11H19N3O2/c1-4-11(2,16-3)10(15)14-6-5-13-8-9(14)7-12/h9,13H,4-6,8H2,1-3H3. The average molecular weight is 225 g/mol. The van der Waals surface area contributed by atoms with Gasteiger partial charge < -0.3 is 15.0 Å². The zero-order valence-corrected chi connectivity index (χ0v) is 10.1. The first kappa shape index (κ1) is 12.9. The van der Waals surface area contributed by atoms with Crippen LogP contribution in [0.25, 0.3) is 0 Å². The van der Waals surface area contributed by atoms with Crippen LogP contribution in [0.2, 0.25) is 0 Å². The normalized spacial score (nSPS) is 24.6. The Balaban J connectivity index is 2.82. The van der Waals surface area contributed by atoms with Crippen LogP contribution in [0.3, 0.4) is 0 Å². The number of ether oxygens (including phenoxy) is 1. The number of rotatable bonds is 3. The van der Waals surface area contributed by atoms with E-state index in [1.807, 2.05) is 6.92 Å². The van der Waals surface area contributed by atoms with E-state index < -0.39 is 5.60 Å². The maximum absolute atomic E-state index is 12.3. The highest BCUT2D eigenvalue weighted by atomic mass is 16.5. The molecule has 0 spiro atoms. The van der Waals surface area contributed by atoms with Gasteiger partial charge in [0, 0.05) is 26.7 Å². The molecule has 1 N–H and O–H groups in total. The van der Waals surface area contributed by atoms with Crippen molar-refractivity contribution >= 4 is 5.91 Å². The molecule has 1 saturated heterocycles. The van der Waals surface area contributed by atoms with Gasteiger partial charge in [-0.25, -0.2) is 0 Å². The van der Waals surface area contributed by atoms with Gasteiger partial charge >= 0.3 is 0 Å². The summed E-state index contributed by atoms with van der Waals surface area (Å²) in [5.41, 5.74) is -0.813. The molecule has 0 radical (unpaired) electrons. The van der Waals surface area contributed by atoms with Crippen molar-refractivity contribution in [1.82, 2.24) is 10.2 Å². The molecule has 1 amide bonds. The minimum absolute atomic E-state index is 0.0921. The molecule has 1 aliphatic heterocycles. The Morgan fingerprint density at radius 1 is 1.75 bits per heavy atom. The van der Waals surface area contributed by atoms with E-state index in [-0.39, 0.29) is 11.9 Å². The molecule has 0 aromatic carbocycles. The number of amides is 1. The van der Waals surface area contributed by atoms with E-state index in [0.29, 0.717) is 19.5 Å². The van der Waals surface area contributed by atoms with Crippen LogP contribution >= 0.6 is 0 Å². The van der Waals surface area contributed by atoms with Crippen LogP contribution < -0.4 is 5.32 Å². The van der Waals surface area contributed by atoms with Crippen LogP contribution in [0, 0.1) is 11.3 Å². The van der Waals surface area contributed by atoms with Crippen molar-refractivity contribution in [1.29, 1.82) is 5.26 Å². The van der Waals surface area contributed by atoms with E-state index >= 15 is 0 Å². The number of nitriles is 1. The van der Waals surface area contributed by atoms with Crippen molar-refractivity contribution < 1.29 is 9.53 Å². The van der Waals surface area contributed by atoms with Crippen molar-refractivity contribution in [3.05, 3.63) is 0 Å². The van der Waals surface area contributed by atoms with E-state index in [1.165, 1.54) is 7.11 Å².